The molecule has 1 aliphatic rings. The smallest absolute Gasteiger partial charge is 0.326 e. The molecule has 4 aromatic carbocycles. The van der Waals surface area contributed by atoms with Crippen LogP contribution in [0.3, 0.4) is 0 Å². The van der Waals surface area contributed by atoms with Crippen molar-refractivity contribution in [2.45, 2.75) is 120 Å². The number of ether oxygens (including phenoxy) is 1. The molecule has 0 aliphatic carbocycles. The minimum Gasteiger partial charge on any atom is -0.487 e. The summed E-state index contributed by atoms with van der Waals surface area (Å²) in [7, 11) is -4.25. The summed E-state index contributed by atoms with van der Waals surface area (Å²) in [4.78, 5) is 66.9. The minimum atomic E-state index is -4.25. The van der Waals surface area contributed by atoms with Gasteiger partial charge in [-0.2, -0.15) is 0 Å². The number of benzene rings is 4. The van der Waals surface area contributed by atoms with Crippen molar-refractivity contribution in [3.8, 4) is 5.75 Å². The quantitative estimate of drug-likeness (QED) is 0.0205. The molecule has 5 rings (SSSR count). The number of carboxylic acids is 1. The van der Waals surface area contributed by atoms with Gasteiger partial charge in [0.25, 0.3) is 10.0 Å². The molecule has 0 saturated carbocycles. The van der Waals surface area contributed by atoms with Crippen LogP contribution in [0.15, 0.2) is 95.9 Å². The summed E-state index contributed by atoms with van der Waals surface area (Å²) < 4.78 is 35.1. The molecule has 4 amide bonds. The van der Waals surface area contributed by atoms with E-state index in [2.05, 4.69) is 36.6 Å². The Hall–Kier alpha value is -7.13. The third-order valence-electron chi connectivity index (χ3n) is 12.5. The number of fused-ring (bicyclic) bond motifs is 1. The van der Waals surface area contributed by atoms with Gasteiger partial charge in [-0.25, -0.2) is 17.9 Å². The van der Waals surface area contributed by atoms with Crippen LogP contribution >= 0.6 is 11.8 Å². The lowest BCUT2D eigenvalue weighted by atomic mass is 9.84. The Balaban J connectivity index is 1.30. The van der Waals surface area contributed by atoms with Crippen molar-refractivity contribution in [3.63, 3.8) is 0 Å². The van der Waals surface area contributed by atoms with E-state index >= 15 is 0 Å². The maximum absolute atomic E-state index is 14.1. The Morgan fingerprint density at radius 3 is 1.73 bits per heavy atom. The van der Waals surface area contributed by atoms with Crippen molar-refractivity contribution >= 4 is 63.3 Å². The van der Waals surface area contributed by atoms with Crippen LogP contribution in [-0.2, 0) is 45.2 Å². The van der Waals surface area contributed by atoms with Crippen molar-refractivity contribution in [1.82, 2.24) is 36.6 Å². The maximum Gasteiger partial charge on any atom is 0.326 e. The Morgan fingerprint density at radius 2 is 1.22 bits per heavy atom. The molecule has 73 heavy (non-hydrogen) atoms. The van der Waals surface area contributed by atoms with E-state index in [1.165, 1.54) is 25.6 Å². The number of nitrogens with one attached hydrogen (secondary N) is 9. The molecule has 19 nitrogen and oxygen atoms in total. The molecule has 392 valence electrons. The number of carbonyl (C=O) groups is 5. The highest BCUT2D eigenvalue weighted by atomic mass is 32.2. The van der Waals surface area contributed by atoms with E-state index in [1.54, 1.807) is 20.8 Å². The standard InChI is InChI=1S/C52H68N10O9S2/c1-31-32(2)44(33(3)39-29-51(6,7)71-43(31)39)73(69,70)62-50(55)57-28-17-25-40(46(65)61-41(48(67)68)26-18-27-56-49(53)54)60-45(64)34(4)58-47(66)42(59-35(5)63)30-72-52(36-19-11-8-12-20-36,37-21-13-9-14-22-37)38-23-15-10-16-24-38/h8-16,19-24,34,40-42H,17-18,25-30H2,1-7H3,(H,58,66)(H,59,63)(H,60,64)(H,61,65)(H,67,68)(H4,53,54,56)(H3,55,57,62)/t34-,40-,41-,42-/m1/s1. The summed E-state index contributed by atoms with van der Waals surface area (Å²) in [6, 6.07) is 24.2. The van der Waals surface area contributed by atoms with E-state index in [1.807, 2.05) is 105 Å². The topological polar surface area (TPSA) is 307 Å². The van der Waals surface area contributed by atoms with Crippen LogP contribution in [0, 0.1) is 31.6 Å². The summed E-state index contributed by atoms with van der Waals surface area (Å²) in [5.74, 6) is -4.30. The van der Waals surface area contributed by atoms with E-state index < -0.39 is 80.1 Å². The lowest BCUT2D eigenvalue weighted by Gasteiger charge is -2.36. The maximum atomic E-state index is 14.1. The predicted octanol–water partition coefficient (Wildman–Crippen LogP) is 3.96. The summed E-state index contributed by atoms with van der Waals surface area (Å²) >= 11 is 1.43. The molecule has 4 aromatic rings. The first-order valence-corrected chi connectivity index (χ1v) is 26.4. The molecule has 0 fully saturated rings. The zero-order valence-electron chi connectivity index (χ0n) is 42.2. The monoisotopic (exact) mass is 1040 g/mol. The molecule has 4 atom stereocenters. The number of rotatable bonds is 24. The fraction of sp³-hybridized carbons (Fsp3) is 0.404. The second-order valence-corrected chi connectivity index (χ2v) is 21.5. The molecule has 0 saturated heterocycles. The minimum absolute atomic E-state index is 0.0455. The fourth-order valence-corrected chi connectivity index (χ4v) is 11.9. The van der Waals surface area contributed by atoms with Gasteiger partial charge in [-0.3, -0.25) is 30.0 Å². The van der Waals surface area contributed by atoms with E-state index in [-0.39, 0.29) is 55.4 Å². The molecule has 0 aromatic heterocycles. The third-order valence-corrected chi connectivity index (χ3v) is 15.7. The van der Waals surface area contributed by atoms with Crippen molar-refractivity contribution in [3.05, 3.63) is 130 Å². The van der Waals surface area contributed by atoms with E-state index in [9.17, 15) is 37.5 Å². The van der Waals surface area contributed by atoms with Gasteiger partial charge in [0.05, 0.1) is 9.64 Å². The zero-order valence-corrected chi connectivity index (χ0v) is 43.9. The molecule has 21 heteroatoms. The van der Waals surface area contributed by atoms with Gasteiger partial charge in [0.1, 0.15) is 35.5 Å². The molecule has 0 spiro atoms. The number of thioether (sulfide) groups is 1. The molecular weight excluding hydrogens is 973 g/mol. The van der Waals surface area contributed by atoms with Crippen LogP contribution in [0.1, 0.15) is 92.3 Å². The van der Waals surface area contributed by atoms with Gasteiger partial charge < -0.3 is 47.5 Å². The number of guanidine groups is 2. The van der Waals surface area contributed by atoms with Gasteiger partial charge in [0.15, 0.2) is 5.96 Å². The Bertz CT molecular complexity index is 2670. The van der Waals surface area contributed by atoms with Crippen LogP contribution in [0.5, 0.6) is 5.75 Å². The van der Waals surface area contributed by atoms with Crippen LogP contribution < -0.4 is 47.1 Å². The van der Waals surface area contributed by atoms with Gasteiger partial charge in [-0.1, -0.05) is 91.0 Å². The number of aliphatic carboxylic acids is 1. The SMILES string of the molecule is CC(=O)N[C@H](CSC(c1ccccc1)(c1ccccc1)c1ccccc1)C(=O)N[C@H](C)C(=O)N[C@H](CCCNC(=N)NS(=O)(=O)c1c(C)c(C)c2c(c1C)CC(C)(C)O2)C(=O)N[C@H](CCCNC(=N)N)C(=O)O. The number of amides is 4. The Kier molecular flexibility index (Phi) is 19.5. The number of hydrogen-bond donors (Lipinski definition) is 11. The molecule has 0 bridgehead atoms. The highest BCUT2D eigenvalue weighted by Gasteiger charge is 2.40. The van der Waals surface area contributed by atoms with Crippen LogP contribution in [0.25, 0.3) is 0 Å². The first-order chi connectivity index (χ1) is 34.5. The van der Waals surface area contributed by atoms with Crippen molar-refractivity contribution in [2.24, 2.45) is 5.73 Å². The average molecular weight is 1040 g/mol. The number of carbonyl (C=O) groups excluding carboxylic acids is 4. The first kappa shape index (κ1) is 56.8. The van der Waals surface area contributed by atoms with Crippen molar-refractivity contribution in [1.29, 1.82) is 10.8 Å². The molecule has 1 aliphatic heterocycles. The van der Waals surface area contributed by atoms with Crippen molar-refractivity contribution in [2.75, 3.05) is 18.8 Å². The van der Waals surface area contributed by atoms with Gasteiger partial charge >= 0.3 is 5.97 Å². The Morgan fingerprint density at radius 1 is 0.726 bits per heavy atom. The van der Waals surface area contributed by atoms with Crippen LogP contribution in [0.2, 0.25) is 0 Å². The summed E-state index contributed by atoms with van der Waals surface area (Å²) in [6.07, 6.45) is 0.618. The highest BCUT2D eigenvalue weighted by Crippen LogP contribution is 2.49. The van der Waals surface area contributed by atoms with Crippen molar-refractivity contribution < 1.29 is 42.2 Å². The second kappa shape index (κ2) is 25.0. The number of nitrogens with two attached hydrogens (primary N) is 1. The lowest BCUT2D eigenvalue weighted by Crippen LogP contribution is -2.57. The summed E-state index contributed by atoms with van der Waals surface area (Å²) in [5, 5.41) is 41.7. The van der Waals surface area contributed by atoms with E-state index in [0.29, 0.717) is 28.9 Å². The highest BCUT2D eigenvalue weighted by molar-refractivity contribution is 8.00. The van der Waals surface area contributed by atoms with Gasteiger partial charge in [-0.15, -0.1) is 11.8 Å². The molecule has 1 heterocycles. The average Bonchev–Trinajstić information content (AvgIpc) is 3.68. The number of sulfonamides is 1. The Labute approximate surface area is 431 Å². The molecule has 12 N–H and O–H groups in total. The normalized spacial score (nSPS) is 14.4. The first-order valence-electron chi connectivity index (χ1n) is 23.9. The van der Waals surface area contributed by atoms with Gasteiger partial charge in [-0.05, 0) is 101 Å². The predicted molar refractivity (Wildman–Crippen MR) is 282 cm³/mol. The zero-order chi connectivity index (χ0) is 53.7. The second-order valence-electron chi connectivity index (χ2n) is 18.6. The number of carboxylic acid groups (broad SMARTS) is 1. The van der Waals surface area contributed by atoms with Gasteiger partial charge in [0.2, 0.25) is 29.6 Å². The largest absolute Gasteiger partial charge is 0.487 e. The van der Waals surface area contributed by atoms with Crippen LogP contribution in [-0.4, -0.2) is 104 Å². The van der Waals surface area contributed by atoms with E-state index in [4.69, 9.17) is 21.3 Å². The molecule has 0 radical (unpaired) electrons. The van der Waals surface area contributed by atoms with Gasteiger partial charge in [0, 0.05) is 37.8 Å². The summed E-state index contributed by atoms with van der Waals surface area (Å²) in [6.45, 7) is 11.8. The fourth-order valence-electron chi connectivity index (χ4n) is 8.80. The molecule has 0 unspecified atom stereocenters. The van der Waals surface area contributed by atoms with E-state index in [0.717, 1.165) is 22.3 Å². The number of hydrogen-bond acceptors (Lipinski definition) is 11. The lowest BCUT2D eigenvalue weighted by molar-refractivity contribution is -0.142. The van der Waals surface area contributed by atoms with Crippen LogP contribution in [0.4, 0.5) is 0 Å². The third kappa shape index (κ3) is 14.7. The summed E-state index contributed by atoms with van der Waals surface area (Å²) in [5.41, 5.74) is 10.1. The molecular formula is C52H68N10O9S2.